The lowest BCUT2D eigenvalue weighted by Gasteiger charge is -2.47. The second-order valence-corrected chi connectivity index (χ2v) is 5.77. The van der Waals surface area contributed by atoms with Crippen molar-refractivity contribution in [2.24, 2.45) is 17.4 Å². The first-order valence-electron chi connectivity index (χ1n) is 7.17. The minimum absolute atomic E-state index is 0.0477. The number of rotatable bonds is 2. The van der Waals surface area contributed by atoms with E-state index in [1.807, 2.05) is 6.92 Å². The fourth-order valence-corrected chi connectivity index (χ4v) is 2.99. The number of hydrazine groups is 1. The van der Waals surface area contributed by atoms with Gasteiger partial charge in [0.05, 0.1) is 5.70 Å². The SMILES string of the molecule is CC1N(C(=O)C2CC2)C=C(N)C(N)N1N1CCCC1. The maximum absolute atomic E-state index is 12.3. The van der Waals surface area contributed by atoms with E-state index in [4.69, 9.17) is 11.5 Å². The third-order valence-electron chi connectivity index (χ3n) is 4.29. The molecule has 0 spiro atoms. The molecule has 2 heterocycles. The van der Waals surface area contributed by atoms with Crippen LogP contribution in [0.15, 0.2) is 11.9 Å². The van der Waals surface area contributed by atoms with Crippen molar-refractivity contribution in [3.63, 3.8) is 0 Å². The molecule has 4 N–H and O–H groups in total. The van der Waals surface area contributed by atoms with Crippen LogP contribution >= 0.6 is 0 Å². The lowest BCUT2D eigenvalue weighted by atomic mass is 10.2. The fraction of sp³-hybridized carbons (Fsp3) is 0.769. The largest absolute Gasteiger partial charge is 0.398 e. The monoisotopic (exact) mass is 265 g/mol. The third kappa shape index (κ3) is 2.24. The Morgan fingerprint density at radius 3 is 2.53 bits per heavy atom. The van der Waals surface area contributed by atoms with Gasteiger partial charge in [-0.05, 0) is 32.6 Å². The van der Waals surface area contributed by atoms with E-state index >= 15 is 0 Å². The standard InChI is InChI=1S/C13H23N5O/c1-9-17(13(19)10-4-5-10)8-11(14)12(15)18(9)16-6-2-3-7-16/h8-10,12H,2-7,14-15H2,1H3. The maximum Gasteiger partial charge on any atom is 0.231 e. The molecule has 0 radical (unpaired) electrons. The highest BCUT2D eigenvalue weighted by molar-refractivity contribution is 5.82. The van der Waals surface area contributed by atoms with Crippen LogP contribution in [-0.2, 0) is 4.79 Å². The fourth-order valence-electron chi connectivity index (χ4n) is 2.99. The van der Waals surface area contributed by atoms with Crippen LogP contribution in [0.4, 0.5) is 0 Å². The van der Waals surface area contributed by atoms with E-state index in [1.165, 1.54) is 12.8 Å². The van der Waals surface area contributed by atoms with Gasteiger partial charge in [-0.15, -0.1) is 0 Å². The molecular weight excluding hydrogens is 242 g/mol. The Balaban J connectivity index is 1.83. The van der Waals surface area contributed by atoms with Crippen LogP contribution in [0.1, 0.15) is 32.6 Å². The van der Waals surface area contributed by atoms with E-state index < -0.39 is 0 Å². The van der Waals surface area contributed by atoms with Crippen molar-refractivity contribution < 1.29 is 4.79 Å². The lowest BCUT2D eigenvalue weighted by molar-refractivity contribution is -0.151. The summed E-state index contributed by atoms with van der Waals surface area (Å²) in [5, 5.41) is 4.31. The van der Waals surface area contributed by atoms with Crippen molar-refractivity contribution in [3.05, 3.63) is 11.9 Å². The molecule has 2 unspecified atom stereocenters. The van der Waals surface area contributed by atoms with E-state index in [1.54, 1.807) is 11.1 Å². The van der Waals surface area contributed by atoms with E-state index in [0.29, 0.717) is 5.70 Å². The Labute approximate surface area is 114 Å². The van der Waals surface area contributed by atoms with E-state index in [2.05, 4.69) is 10.0 Å². The molecule has 3 rings (SSSR count). The number of hydrogen-bond acceptors (Lipinski definition) is 5. The molecule has 0 aromatic rings. The number of hydrogen-bond donors (Lipinski definition) is 2. The molecule has 106 valence electrons. The number of amides is 1. The van der Waals surface area contributed by atoms with E-state index in [0.717, 1.165) is 25.9 Å². The number of carbonyl (C=O) groups excluding carboxylic acids is 1. The lowest BCUT2D eigenvalue weighted by Crippen LogP contribution is -2.64. The molecule has 1 saturated heterocycles. The molecule has 2 fully saturated rings. The second-order valence-electron chi connectivity index (χ2n) is 5.77. The van der Waals surface area contributed by atoms with Crippen LogP contribution in [0.25, 0.3) is 0 Å². The zero-order valence-electron chi connectivity index (χ0n) is 11.5. The molecule has 0 aromatic carbocycles. The van der Waals surface area contributed by atoms with Crippen molar-refractivity contribution in [1.29, 1.82) is 0 Å². The van der Waals surface area contributed by atoms with Gasteiger partial charge in [0.15, 0.2) is 0 Å². The first-order chi connectivity index (χ1) is 9.09. The van der Waals surface area contributed by atoms with Crippen molar-refractivity contribution >= 4 is 5.91 Å². The van der Waals surface area contributed by atoms with E-state index in [-0.39, 0.29) is 24.2 Å². The Kier molecular flexibility index (Phi) is 3.24. The Morgan fingerprint density at radius 1 is 1.32 bits per heavy atom. The molecule has 1 saturated carbocycles. The Bertz CT molecular complexity index is 400. The topological polar surface area (TPSA) is 78.8 Å². The number of nitrogens with two attached hydrogens (primary N) is 2. The van der Waals surface area contributed by atoms with Crippen LogP contribution in [0.5, 0.6) is 0 Å². The van der Waals surface area contributed by atoms with Crippen LogP contribution in [0.3, 0.4) is 0 Å². The van der Waals surface area contributed by atoms with Gasteiger partial charge in [-0.1, -0.05) is 0 Å². The van der Waals surface area contributed by atoms with Crippen LogP contribution in [-0.4, -0.2) is 46.2 Å². The molecule has 6 nitrogen and oxygen atoms in total. The Hall–Kier alpha value is -1.11. The predicted molar refractivity (Wildman–Crippen MR) is 71.9 cm³/mol. The summed E-state index contributed by atoms with van der Waals surface area (Å²) in [5.41, 5.74) is 12.8. The summed E-state index contributed by atoms with van der Waals surface area (Å²) in [6.07, 6.45) is 5.73. The third-order valence-corrected chi connectivity index (χ3v) is 4.29. The highest BCUT2D eigenvalue weighted by Gasteiger charge is 2.42. The van der Waals surface area contributed by atoms with Gasteiger partial charge < -0.3 is 11.5 Å². The minimum atomic E-state index is -0.323. The minimum Gasteiger partial charge on any atom is -0.398 e. The van der Waals surface area contributed by atoms with Gasteiger partial charge in [0.25, 0.3) is 0 Å². The van der Waals surface area contributed by atoms with Gasteiger partial charge >= 0.3 is 0 Å². The predicted octanol–water partition coefficient (Wildman–Crippen LogP) is -0.0177. The van der Waals surface area contributed by atoms with Gasteiger partial charge in [0, 0.05) is 25.2 Å². The van der Waals surface area contributed by atoms with Gasteiger partial charge in [0.2, 0.25) is 5.91 Å². The summed E-state index contributed by atoms with van der Waals surface area (Å²) in [7, 11) is 0. The maximum atomic E-state index is 12.3. The molecule has 1 aliphatic carbocycles. The van der Waals surface area contributed by atoms with Gasteiger partial charge in [-0.25, -0.2) is 5.01 Å². The van der Waals surface area contributed by atoms with Crippen molar-refractivity contribution in [3.8, 4) is 0 Å². The van der Waals surface area contributed by atoms with Gasteiger partial charge in [0.1, 0.15) is 12.3 Å². The van der Waals surface area contributed by atoms with Crippen molar-refractivity contribution in [1.82, 2.24) is 14.9 Å². The summed E-state index contributed by atoms with van der Waals surface area (Å²) < 4.78 is 0. The van der Waals surface area contributed by atoms with Gasteiger partial charge in [-0.3, -0.25) is 9.69 Å². The normalized spacial score (nSPS) is 33.6. The van der Waals surface area contributed by atoms with Crippen LogP contribution < -0.4 is 11.5 Å². The second kappa shape index (κ2) is 4.77. The summed E-state index contributed by atoms with van der Waals surface area (Å²) in [5.74, 6) is 0.382. The van der Waals surface area contributed by atoms with Crippen molar-refractivity contribution in [2.45, 2.75) is 44.9 Å². The summed E-state index contributed by atoms with van der Waals surface area (Å²) in [6, 6.07) is 0. The molecule has 2 aliphatic heterocycles. The highest BCUT2D eigenvalue weighted by Crippen LogP contribution is 2.34. The molecular formula is C13H23N5O. The van der Waals surface area contributed by atoms with Gasteiger partial charge in [-0.2, -0.15) is 5.01 Å². The molecule has 0 aromatic heterocycles. The Morgan fingerprint density at radius 2 is 1.95 bits per heavy atom. The highest BCUT2D eigenvalue weighted by atomic mass is 16.2. The molecule has 19 heavy (non-hydrogen) atoms. The number of carbonyl (C=O) groups is 1. The van der Waals surface area contributed by atoms with Crippen molar-refractivity contribution in [2.75, 3.05) is 13.1 Å². The number of nitrogens with zero attached hydrogens (tertiary/aromatic N) is 3. The van der Waals surface area contributed by atoms with Crippen LogP contribution in [0, 0.1) is 5.92 Å². The molecule has 6 heteroatoms. The quantitative estimate of drug-likeness (QED) is 0.734. The first-order valence-corrected chi connectivity index (χ1v) is 7.17. The summed E-state index contributed by atoms with van der Waals surface area (Å²) in [4.78, 5) is 14.1. The first kappa shape index (κ1) is 12.9. The smallest absolute Gasteiger partial charge is 0.231 e. The molecule has 2 atom stereocenters. The van der Waals surface area contributed by atoms with Crippen LogP contribution in [0.2, 0.25) is 0 Å². The van der Waals surface area contributed by atoms with E-state index in [9.17, 15) is 4.79 Å². The summed E-state index contributed by atoms with van der Waals surface area (Å²) in [6.45, 7) is 4.02. The molecule has 0 bridgehead atoms. The average molecular weight is 265 g/mol. The molecule has 3 aliphatic rings. The molecule has 1 amide bonds. The zero-order chi connectivity index (χ0) is 13.6. The average Bonchev–Trinajstić information content (AvgIpc) is 3.11. The summed E-state index contributed by atoms with van der Waals surface area (Å²) >= 11 is 0. The zero-order valence-corrected chi connectivity index (χ0v) is 11.5.